The second-order valence-electron chi connectivity index (χ2n) is 12.5. The Labute approximate surface area is 288 Å². The Morgan fingerprint density at radius 1 is 0.875 bits per heavy atom. The molecule has 0 aliphatic rings. The summed E-state index contributed by atoms with van der Waals surface area (Å²) in [7, 11) is -2.68. The van der Waals surface area contributed by atoms with Gasteiger partial charge in [-0.05, 0) is 61.6 Å². The Bertz CT molecular complexity index is 1690. The zero-order valence-electron chi connectivity index (χ0n) is 28.0. The lowest BCUT2D eigenvalue weighted by atomic mass is 9.84. The van der Waals surface area contributed by atoms with Crippen LogP contribution in [0, 0.1) is 5.92 Å². The Morgan fingerprint density at radius 2 is 1.42 bits per heavy atom. The summed E-state index contributed by atoms with van der Waals surface area (Å²) < 4.78 is 34.0. The van der Waals surface area contributed by atoms with Gasteiger partial charge in [-0.15, -0.1) is 11.3 Å². The fourth-order valence-electron chi connectivity index (χ4n) is 5.58. The summed E-state index contributed by atoms with van der Waals surface area (Å²) in [6.45, 7) is 7.56. The second kappa shape index (κ2) is 16.4. The highest BCUT2D eigenvalue weighted by molar-refractivity contribution is 7.89. The molecule has 0 spiro atoms. The van der Waals surface area contributed by atoms with E-state index in [4.69, 9.17) is 4.74 Å². The van der Waals surface area contributed by atoms with Crippen LogP contribution in [0.25, 0.3) is 0 Å². The van der Waals surface area contributed by atoms with Crippen LogP contribution in [0.1, 0.15) is 67.0 Å². The molecule has 0 aliphatic heterocycles. The predicted octanol–water partition coefficient (Wildman–Crippen LogP) is 6.43. The van der Waals surface area contributed by atoms with Gasteiger partial charge in [-0.2, -0.15) is 4.31 Å². The number of aliphatic hydroxyl groups excluding tert-OH is 1. The molecule has 4 rings (SSSR count). The number of hydrogen-bond donors (Lipinski definition) is 3. The molecule has 256 valence electrons. The number of methoxy groups -OCH3 is 1. The molecular weight excluding hydrogens is 647 g/mol. The molecule has 0 fully saturated rings. The summed E-state index contributed by atoms with van der Waals surface area (Å²) in [5, 5.41) is 16.5. The van der Waals surface area contributed by atoms with E-state index in [1.807, 2.05) is 94.4 Å². The summed E-state index contributed by atoms with van der Waals surface area (Å²) in [4.78, 5) is 28.4. The summed E-state index contributed by atoms with van der Waals surface area (Å²) in [6, 6.07) is 29.0. The molecule has 4 aromatic rings. The van der Waals surface area contributed by atoms with E-state index in [1.54, 1.807) is 36.4 Å². The molecule has 0 saturated carbocycles. The Kier molecular flexibility index (Phi) is 12.6. The van der Waals surface area contributed by atoms with E-state index in [-0.39, 0.29) is 17.4 Å². The highest BCUT2D eigenvalue weighted by atomic mass is 32.2. The van der Waals surface area contributed by atoms with Crippen LogP contribution in [0.3, 0.4) is 0 Å². The van der Waals surface area contributed by atoms with E-state index in [9.17, 15) is 23.1 Å². The standard InChI is InChI=1S/C37H45N3O6S2/c1-26(2)23-24-40(48(44,45)29-19-13-8-14-20-29)30(25-41)31-21-22-32(47-31)37(3,4)39-35(42)34(38-36(43)46-5)33(27-15-9-6-10-16-27)28-17-11-7-12-18-28/h6-22,26,30,33-34,41H,23-25H2,1-5H3,(H,38,43)(H,39,42)/t30?,34-/m0/s1. The minimum atomic E-state index is -3.93. The number of thiophene rings is 1. The van der Waals surface area contributed by atoms with Crippen LogP contribution in [0.5, 0.6) is 0 Å². The Hall–Kier alpha value is -4.03. The first-order valence-electron chi connectivity index (χ1n) is 15.9. The van der Waals surface area contributed by atoms with Crippen LogP contribution in [0.2, 0.25) is 0 Å². The third kappa shape index (κ3) is 8.90. The van der Waals surface area contributed by atoms with Crippen molar-refractivity contribution in [3.05, 3.63) is 124 Å². The molecule has 0 radical (unpaired) electrons. The molecule has 3 N–H and O–H groups in total. The van der Waals surface area contributed by atoms with Crippen LogP contribution < -0.4 is 10.6 Å². The minimum Gasteiger partial charge on any atom is -0.453 e. The number of carbonyl (C=O) groups excluding carboxylic acids is 2. The summed E-state index contributed by atoms with van der Waals surface area (Å²) >= 11 is 1.33. The fourth-order valence-corrected chi connectivity index (χ4v) is 8.45. The molecule has 9 nitrogen and oxygen atoms in total. The predicted molar refractivity (Wildman–Crippen MR) is 189 cm³/mol. The molecule has 2 atom stereocenters. The fraction of sp³-hybridized carbons (Fsp3) is 0.351. The van der Waals surface area contributed by atoms with Crippen LogP contribution >= 0.6 is 11.3 Å². The number of ether oxygens (including phenoxy) is 1. The smallest absolute Gasteiger partial charge is 0.407 e. The maximum Gasteiger partial charge on any atom is 0.407 e. The van der Waals surface area contributed by atoms with Crippen molar-refractivity contribution in [1.29, 1.82) is 0 Å². The van der Waals surface area contributed by atoms with Gasteiger partial charge in [-0.3, -0.25) is 4.79 Å². The first kappa shape index (κ1) is 36.8. The van der Waals surface area contributed by atoms with Crippen molar-refractivity contribution in [3.8, 4) is 0 Å². The van der Waals surface area contributed by atoms with Crippen LogP contribution in [0.4, 0.5) is 4.79 Å². The molecule has 0 aliphatic carbocycles. The zero-order valence-corrected chi connectivity index (χ0v) is 29.6. The number of rotatable bonds is 15. The van der Waals surface area contributed by atoms with Crippen molar-refractivity contribution in [2.75, 3.05) is 20.3 Å². The van der Waals surface area contributed by atoms with E-state index in [1.165, 1.54) is 22.8 Å². The zero-order chi connectivity index (χ0) is 34.9. The first-order chi connectivity index (χ1) is 22.9. The lowest BCUT2D eigenvalue weighted by molar-refractivity contribution is -0.125. The lowest BCUT2D eigenvalue weighted by Crippen LogP contribution is -2.54. The second-order valence-corrected chi connectivity index (χ2v) is 15.5. The van der Waals surface area contributed by atoms with Crippen molar-refractivity contribution in [2.45, 2.75) is 62.6 Å². The molecule has 0 saturated heterocycles. The van der Waals surface area contributed by atoms with Gasteiger partial charge in [-0.25, -0.2) is 13.2 Å². The third-order valence-electron chi connectivity index (χ3n) is 8.20. The van der Waals surface area contributed by atoms with Gasteiger partial charge >= 0.3 is 6.09 Å². The largest absolute Gasteiger partial charge is 0.453 e. The molecule has 3 aromatic carbocycles. The number of nitrogens with one attached hydrogen (secondary N) is 2. The van der Waals surface area contributed by atoms with Crippen LogP contribution in [-0.2, 0) is 25.1 Å². The van der Waals surface area contributed by atoms with Crippen molar-refractivity contribution in [2.24, 2.45) is 5.92 Å². The molecule has 48 heavy (non-hydrogen) atoms. The number of aliphatic hydroxyl groups is 1. The summed E-state index contributed by atoms with van der Waals surface area (Å²) in [5.74, 6) is -0.715. The highest BCUT2D eigenvalue weighted by Crippen LogP contribution is 2.37. The van der Waals surface area contributed by atoms with Crippen LogP contribution in [0.15, 0.2) is 108 Å². The van der Waals surface area contributed by atoms with Gasteiger partial charge in [0.15, 0.2) is 0 Å². The summed E-state index contributed by atoms with van der Waals surface area (Å²) in [6.07, 6.45) is -0.129. The van der Waals surface area contributed by atoms with E-state index in [0.29, 0.717) is 11.3 Å². The molecule has 1 unspecified atom stereocenters. The molecule has 2 amide bonds. The van der Waals surface area contributed by atoms with E-state index < -0.39 is 52.2 Å². The monoisotopic (exact) mass is 691 g/mol. The SMILES string of the molecule is COC(=O)N[C@H](C(=O)NC(C)(C)c1ccc(C(CO)N(CCC(C)C)S(=O)(=O)c2ccccc2)s1)C(c1ccccc1)c1ccccc1. The normalized spacial score (nSPS) is 13.4. The average Bonchev–Trinajstić information content (AvgIpc) is 3.58. The van der Waals surface area contributed by atoms with Gasteiger partial charge in [-0.1, -0.05) is 92.7 Å². The number of alkyl carbamates (subject to hydrolysis) is 1. The van der Waals surface area contributed by atoms with E-state index in [0.717, 1.165) is 16.0 Å². The van der Waals surface area contributed by atoms with Gasteiger partial charge in [0.25, 0.3) is 0 Å². The molecule has 1 heterocycles. The number of carbonyl (C=O) groups is 2. The van der Waals surface area contributed by atoms with E-state index >= 15 is 0 Å². The Balaban J connectivity index is 1.67. The molecular formula is C37H45N3O6S2. The summed E-state index contributed by atoms with van der Waals surface area (Å²) in [5.41, 5.74) is 0.737. The highest BCUT2D eigenvalue weighted by Gasteiger charge is 2.38. The van der Waals surface area contributed by atoms with Crippen molar-refractivity contribution < 1.29 is 27.9 Å². The van der Waals surface area contributed by atoms with Gasteiger partial charge in [0, 0.05) is 22.2 Å². The van der Waals surface area contributed by atoms with Crippen molar-refractivity contribution in [1.82, 2.24) is 14.9 Å². The third-order valence-corrected chi connectivity index (χ3v) is 11.6. The number of nitrogens with zero attached hydrogens (tertiary/aromatic N) is 1. The molecule has 11 heteroatoms. The quantitative estimate of drug-likeness (QED) is 0.132. The van der Waals surface area contributed by atoms with Gasteiger partial charge in [0.2, 0.25) is 15.9 Å². The van der Waals surface area contributed by atoms with Gasteiger partial charge in [0.05, 0.1) is 30.2 Å². The maximum absolute atomic E-state index is 14.2. The topological polar surface area (TPSA) is 125 Å². The number of amides is 2. The number of hydrogen-bond acceptors (Lipinski definition) is 7. The Morgan fingerprint density at radius 3 is 1.92 bits per heavy atom. The van der Waals surface area contributed by atoms with Crippen molar-refractivity contribution in [3.63, 3.8) is 0 Å². The van der Waals surface area contributed by atoms with Gasteiger partial charge in [0.1, 0.15) is 6.04 Å². The van der Waals surface area contributed by atoms with E-state index in [2.05, 4.69) is 10.6 Å². The van der Waals surface area contributed by atoms with Crippen molar-refractivity contribution >= 4 is 33.4 Å². The first-order valence-corrected chi connectivity index (χ1v) is 18.2. The molecule has 0 bridgehead atoms. The van der Waals surface area contributed by atoms with Gasteiger partial charge < -0.3 is 20.5 Å². The number of benzene rings is 3. The average molecular weight is 692 g/mol. The maximum atomic E-state index is 14.2. The minimum absolute atomic E-state index is 0.159. The van der Waals surface area contributed by atoms with Crippen LogP contribution in [-0.4, -0.2) is 56.1 Å². The lowest BCUT2D eigenvalue weighted by Gasteiger charge is -2.32. The number of sulfonamides is 1. The molecule has 1 aromatic heterocycles.